The van der Waals surface area contributed by atoms with E-state index < -0.39 is 0 Å². The minimum Gasteiger partial charge on any atom is -0.486 e. The van der Waals surface area contributed by atoms with Crippen molar-refractivity contribution in [1.82, 2.24) is 15.3 Å². The fourth-order valence-corrected chi connectivity index (χ4v) is 4.27. The molecule has 1 aliphatic heterocycles. The van der Waals surface area contributed by atoms with E-state index in [1.807, 2.05) is 60.0 Å². The molecule has 0 spiro atoms. The first kappa shape index (κ1) is 19.3. The summed E-state index contributed by atoms with van der Waals surface area (Å²) in [4.78, 5) is 21.8. The molecule has 0 bridgehead atoms. The van der Waals surface area contributed by atoms with E-state index in [1.165, 1.54) is 17.7 Å². The zero-order valence-corrected chi connectivity index (χ0v) is 17.3. The molecule has 8 heteroatoms. The van der Waals surface area contributed by atoms with Crippen LogP contribution in [0.4, 0.5) is 0 Å². The van der Waals surface area contributed by atoms with Crippen molar-refractivity contribution < 1.29 is 19.0 Å². The Morgan fingerprint density at radius 2 is 1.90 bits per heavy atom. The number of nitrogens with one attached hydrogen (secondary N) is 1. The number of fused-ring (bicyclic) bond motifs is 2. The van der Waals surface area contributed by atoms with Crippen molar-refractivity contribution >= 4 is 27.5 Å². The van der Waals surface area contributed by atoms with E-state index in [4.69, 9.17) is 14.2 Å². The molecular weight excluding hydrogens is 414 g/mol. The molecule has 0 saturated heterocycles. The van der Waals surface area contributed by atoms with Crippen LogP contribution in [0.1, 0.15) is 0 Å². The molecule has 1 amide bonds. The highest BCUT2D eigenvalue weighted by Crippen LogP contribution is 2.37. The number of ether oxygens (including phenoxy) is 3. The molecule has 5 rings (SSSR count). The average Bonchev–Trinajstić information content (AvgIpc) is 3.27. The van der Waals surface area contributed by atoms with Gasteiger partial charge in [0.1, 0.15) is 23.9 Å². The fourth-order valence-electron chi connectivity index (χ4n) is 3.36. The molecule has 31 heavy (non-hydrogen) atoms. The van der Waals surface area contributed by atoms with Gasteiger partial charge in [-0.25, -0.2) is 9.97 Å². The molecule has 3 heterocycles. The van der Waals surface area contributed by atoms with Gasteiger partial charge in [0.15, 0.2) is 18.1 Å². The van der Waals surface area contributed by atoms with Gasteiger partial charge in [-0.15, -0.1) is 11.3 Å². The van der Waals surface area contributed by atoms with Crippen LogP contribution in [0.15, 0.2) is 66.3 Å². The van der Waals surface area contributed by atoms with Crippen molar-refractivity contribution in [3.63, 3.8) is 0 Å². The standard InChI is InChI=1S/C23H19N3O4S/c27-20(24-10-16-11-28-18-8-4-5-9-19(18)30-16)12-29-22-21-17(15-6-2-1-3-7-15)13-31-23(21)26-14-25-22/h1-9,13-14,16H,10-12H2,(H,24,27). The van der Waals surface area contributed by atoms with Gasteiger partial charge < -0.3 is 19.5 Å². The number of thiophene rings is 1. The topological polar surface area (TPSA) is 82.6 Å². The molecule has 1 unspecified atom stereocenters. The minimum absolute atomic E-state index is 0.152. The molecule has 0 aliphatic carbocycles. The smallest absolute Gasteiger partial charge is 0.258 e. The number of hydrogen-bond donors (Lipinski definition) is 1. The SMILES string of the molecule is O=C(COc1ncnc2scc(-c3ccccc3)c12)NCC1COc2ccccc2O1. The van der Waals surface area contributed by atoms with Crippen molar-refractivity contribution in [1.29, 1.82) is 0 Å². The molecule has 7 nitrogen and oxygen atoms in total. The van der Waals surface area contributed by atoms with Crippen molar-refractivity contribution in [2.24, 2.45) is 0 Å². The Hall–Kier alpha value is -3.65. The number of para-hydroxylation sites is 2. The van der Waals surface area contributed by atoms with E-state index in [-0.39, 0.29) is 18.6 Å². The fraction of sp³-hybridized carbons (Fsp3) is 0.174. The van der Waals surface area contributed by atoms with Crippen LogP contribution in [0, 0.1) is 0 Å². The molecule has 2 aromatic heterocycles. The first-order valence-electron chi connectivity index (χ1n) is 9.83. The number of nitrogens with zero attached hydrogens (tertiary/aromatic N) is 2. The van der Waals surface area contributed by atoms with Crippen LogP contribution >= 0.6 is 11.3 Å². The number of amides is 1. The first-order valence-corrected chi connectivity index (χ1v) is 10.7. The van der Waals surface area contributed by atoms with Gasteiger partial charge in [0.25, 0.3) is 5.91 Å². The summed E-state index contributed by atoms with van der Waals surface area (Å²) in [5.74, 6) is 1.53. The van der Waals surface area contributed by atoms with Gasteiger partial charge in [0.05, 0.1) is 11.9 Å². The number of carbonyl (C=O) groups is 1. The van der Waals surface area contributed by atoms with Gasteiger partial charge in [0.2, 0.25) is 5.88 Å². The summed E-state index contributed by atoms with van der Waals surface area (Å²) < 4.78 is 17.3. The molecule has 1 aliphatic rings. The molecule has 1 N–H and O–H groups in total. The molecule has 156 valence electrons. The van der Waals surface area contributed by atoms with E-state index in [1.54, 1.807) is 0 Å². The van der Waals surface area contributed by atoms with Crippen LogP contribution in [-0.2, 0) is 4.79 Å². The van der Waals surface area contributed by atoms with Crippen LogP contribution in [0.5, 0.6) is 17.4 Å². The quantitative estimate of drug-likeness (QED) is 0.499. The molecule has 4 aromatic rings. The van der Waals surface area contributed by atoms with Gasteiger partial charge in [-0.3, -0.25) is 4.79 Å². The number of benzene rings is 2. The predicted molar refractivity (Wildman–Crippen MR) is 118 cm³/mol. The Balaban J connectivity index is 1.22. The Morgan fingerprint density at radius 3 is 2.77 bits per heavy atom. The summed E-state index contributed by atoms with van der Waals surface area (Å²) in [5, 5.41) is 5.67. The number of carbonyl (C=O) groups excluding carboxylic acids is 1. The van der Waals surface area contributed by atoms with E-state index >= 15 is 0 Å². The summed E-state index contributed by atoms with van der Waals surface area (Å²) in [7, 11) is 0. The third-order valence-corrected chi connectivity index (χ3v) is 5.74. The van der Waals surface area contributed by atoms with E-state index in [0.29, 0.717) is 30.5 Å². The maximum Gasteiger partial charge on any atom is 0.258 e. The largest absolute Gasteiger partial charge is 0.486 e. The van der Waals surface area contributed by atoms with Gasteiger partial charge in [0, 0.05) is 10.9 Å². The molecule has 0 radical (unpaired) electrons. The second-order valence-electron chi connectivity index (χ2n) is 6.96. The van der Waals surface area contributed by atoms with Crippen LogP contribution in [0.3, 0.4) is 0 Å². The first-order chi connectivity index (χ1) is 15.3. The van der Waals surface area contributed by atoms with Gasteiger partial charge >= 0.3 is 0 Å². The maximum atomic E-state index is 12.4. The van der Waals surface area contributed by atoms with Gasteiger partial charge in [-0.05, 0) is 17.7 Å². The van der Waals surface area contributed by atoms with Crippen LogP contribution in [0.25, 0.3) is 21.3 Å². The Bertz CT molecular complexity index is 1210. The maximum absolute atomic E-state index is 12.4. The minimum atomic E-state index is -0.259. The Morgan fingerprint density at radius 1 is 1.10 bits per heavy atom. The lowest BCUT2D eigenvalue weighted by Crippen LogP contribution is -2.42. The lowest BCUT2D eigenvalue weighted by Gasteiger charge is -2.26. The van der Waals surface area contributed by atoms with Crippen molar-refractivity contribution in [3.8, 4) is 28.5 Å². The highest BCUT2D eigenvalue weighted by Gasteiger charge is 2.21. The third-order valence-electron chi connectivity index (χ3n) is 4.85. The van der Waals surface area contributed by atoms with Gasteiger partial charge in [-0.1, -0.05) is 42.5 Å². The number of aromatic nitrogens is 2. The van der Waals surface area contributed by atoms with E-state index in [0.717, 1.165) is 21.3 Å². The van der Waals surface area contributed by atoms with Crippen LogP contribution < -0.4 is 19.5 Å². The van der Waals surface area contributed by atoms with Crippen molar-refractivity contribution in [3.05, 3.63) is 66.3 Å². The predicted octanol–water partition coefficient (Wildman–Crippen LogP) is 3.69. The monoisotopic (exact) mass is 433 g/mol. The zero-order chi connectivity index (χ0) is 21.0. The summed E-state index contributed by atoms with van der Waals surface area (Å²) in [6.45, 7) is 0.545. The lowest BCUT2D eigenvalue weighted by atomic mass is 10.1. The normalized spacial score (nSPS) is 14.9. The van der Waals surface area contributed by atoms with Crippen LogP contribution in [0.2, 0.25) is 0 Å². The Kier molecular flexibility index (Phi) is 5.37. The molecule has 1 atom stereocenters. The van der Waals surface area contributed by atoms with Crippen molar-refractivity contribution in [2.45, 2.75) is 6.10 Å². The Labute approximate surface area is 182 Å². The average molecular weight is 433 g/mol. The lowest BCUT2D eigenvalue weighted by molar-refractivity contribution is -0.123. The third kappa shape index (κ3) is 4.15. The second-order valence-corrected chi connectivity index (χ2v) is 7.82. The molecule has 2 aromatic carbocycles. The zero-order valence-electron chi connectivity index (χ0n) is 16.5. The van der Waals surface area contributed by atoms with E-state index in [2.05, 4.69) is 15.3 Å². The number of rotatable bonds is 6. The second kappa shape index (κ2) is 8.61. The van der Waals surface area contributed by atoms with Crippen molar-refractivity contribution in [2.75, 3.05) is 19.8 Å². The highest BCUT2D eigenvalue weighted by atomic mass is 32.1. The van der Waals surface area contributed by atoms with E-state index in [9.17, 15) is 4.79 Å². The van der Waals surface area contributed by atoms with Gasteiger partial charge in [-0.2, -0.15) is 0 Å². The summed E-state index contributed by atoms with van der Waals surface area (Å²) in [6, 6.07) is 17.4. The molecular formula is C23H19N3O4S. The summed E-state index contributed by atoms with van der Waals surface area (Å²) >= 11 is 1.52. The molecule has 0 fully saturated rings. The molecule has 0 saturated carbocycles. The highest BCUT2D eigenvalue weighted by molar-refractivity contribution is 7.17. The summed E-state index contributed by atoms with van der Waals surface area (Å²) in [5.41, 5.74) is 2.04. The van der Waals surface area contributed by atoms with Crippen LogP contribution in [-0.4, -0.2) is 41.7 Å². The summed E-state index contributed by atoms with van der Waals surface area (Å²) in [6.07, 6.45) is 1.19. The number of hydrogen-bond acceptors (Lipinski definition) is 7.